The van der Waals surface area contributed by atoms with Gasteiger partial charge in [-0.3, -0.25) is 4.79 Å². The summed E-state index contributed by atoms with van der Waals surface area (Å²) in [6.45, 7) is 1.66. The highest BCUT2D eigenvalue weighted by molar-refractivity contribution is 6.42. The number of halogens is 3. The number of carbonyl (C=O) groups is 1. The minimum absolute atomic E-state index is 0.0259. The van der Waals surface area contributed by atoms with E-state index in [9.17, 15) is 9.90 Å². The lowest BCUT2D eigenvalue weighted by Gasteiger charge is -2.07. The monoisotopic (exact) mass is 539 g/mol. The number of aromatic hydroxyl groups is 1. The molecule has 7 nitrogen and oxygen atoms in total. The van der Waals surface area contributed by atoms with E-state index in [1.807, 2.05) is 35.9 Å². The number of aromatic nitrogens is 2. The topological polar surface area (TPSA) is 93.4 Å². The second-order valence-corrected chi connectivity index (χ2v) is 9.32. The van der Waals surface area contributed by atoms with Gasteiger partial charge in [-0.25, -0.2) is 9.13 Å². The van der Waals surface area contributed by atoms with Gasteiger partial charge in [-0.1, -0.05) is 34.8 Å². The molecule has 4 N–H and O–H groups in total. The van der Waals surface area contributed by atoms with Gasteiger partial charge >= 0.3 is 0 Å². The van der Waals surface area contributed by atoms with Crippen molar-refractivity contribution < 1.29 is 19.2 Å². The minimum atomic E-state index is -0.102. The first-order valence-corrected chi connectivity index (χ1v) is 12.5. The molecule has 0 fully saturated rings. The van der Waals surface area contributed by atoms with Crippen LogP contribution in [0, 0.1) is 0 Å². The molecule has 0 saturated carbocycles. The predicted molar refractivity (Wildman–Crippen MR) is 142 cm³/mol. The Hall–Kier alpha value is -2.45. The first kappa shape index (κ1) is 27.1. The molecular weight excluding hydrogens is 511 g/mol. The van der Waals surface area contributed by atoms with Gasteiger partial charge in [-0.05, 0) is 43.0 Å². The van der Waals surface area contributed by atoms with Crippen LogP contribution in [0.4, 0.5) is 0 Å². The van der Waals surface area contributed by atoms with Crippen molar-refractivity contribution in [3.05, 3.63) is 50.7 Å². The van der Waals surface area contributed by atoms with Gasteiger partial charge in [0.2, 0.25) is 5.91 Å². The molecule has 188 valence electrons. The fourth-order valence-corrected chi connectivity index (χ4v) is 4.46. The average molecular weight is 541 g/mol. The van der Waals surface area contributed by atoms with Crippen LogP contribution in [-0.4, -0.2) is 35.8 Å². The summed E-state index contributed by atoms with van der Waals surface area (Å²) in [6, 6.07) is 7.16. The Balaban J connectivity index is 1.86. The van der Waals surface area contributed by atoms with Crippen LogP contribution in [0.5, 0.6) is 11.5 Å². The Kier molecular flexibility index (Phi) is 9.69. The number of benzene rings is 2. The third-order valence-corrected chi connectivity index (χ3v) is 6.90. The first-order valence-electron chi connectivity index (χ1n) is 11.4. The highest BCUT2D eigenvalue weighted by atomic mass is 35.5. The Morgan fingerprint density at radius 2 is 1.91 bits per heavy atom. The van der Waals surface area contributed by atoms with Crippen LogP contribution in [0.25, 0.3) is 23.2 Å². The van der Waals surface area contributed by atoms with Crippen LogP contribution in [0.1, 0.15) is 37.1 Å². The Morgan fingerprint density at radius 3 is 2.63 bits per heavy atom. The zero-order valence-corrected chi connectivity index (χ0v) is 22.1. The largest absolute Gasteiger partial charge is 0.503 e. The molecule has 0 unspecified atom stereocenters. The van der Waals surface area contributed by atoms with Crippen molar-refractivity contribution in [3.63, 3.8) is 0 Å². The molecule has 35 heavy (non-hydrogen) atoms. The minimum Gasteiger partial charge on any atom is -0.503 e. The first-order chi connectivity index (χ1) is 16.8. The van der Waals surface area contributed by atoms with Crippen LogP contribution < -0.4 is 20.4 Å². The fourth-order valence-electron chi connectivity index (χ4n) is 3.93. The molecule has 0 atom stereocenters. The summed E-state index contributed by atoms with van der Waals surface area (Å²) in [5, 5.41) is 14.2. The van der Waals surface area contributed by atoms with Gasteiger partial charge in [0.15, 0.2) is 22.5 Å². The second-order valence-electron chi connectivity index (χ2n) is 8.13. The third-order valence-electron chi connectivity index (χ3n) is 5.78. The number of nitrogens with one attached hydrogen (secondary N) is 1. The maximum Gasteiger partial charge on any atom is 0.282 e. The molecule has 0 aliphatic heterocycles. The number of nitrogens with zero attached hydrogens (tertiary/aromatic N) is 2. The number of carbonyl (C=O) groups excluding carboxylic acids is 1. The zero-order chi connectivity index (χ0) is 25.5. The van der Waals surface area contributed by atoms with E-state index in [1.165, 1.54) is 7.11 Å². The smallest absolute Gasteiger partial charge is 0.282 e. The molecule has 0 bridgehead atoms. The fraction of sp³-hybridized carbons (Fsp3) is 0.360. The summed E-state index contributed by atoms with van der Waals surface area (Å²) >= 11 is 19.0. The van der Waals surface area contributed by atoms with Gasteiger partial charge in [0.1, 0.15) is 0 Å². The summed E-state index contributed by atoms with van der Waals surface area (Å²) < 4.78 is 9.32. The SMILES string of the molecule is COc1ccc(/C=C/c2n(CCCCCC(=O)NCCN)c3cc(Cl)c(Cl)cc3[n+]2C)c(Cl)c1O. The molecule has 1 amide bonds. The third kappa shape index (κ3) is 6.41. The summed E-state index contributed by atoms with van der Waals surface area (Å²) in [7, 11) is 3.43. The number of nitrogens with two attached hydrogens (primary N) is 1. The summed E-state index contributed by atoms with van der Waals surface area (Å²) in [5.41, 5.74) is 7.96. The Morgan fingerprint density at radius 1 is 1.17 bits per heavy atom. The van der Waals surface area contributed by atoms with Crippen molar-refractivity contribution in [3.8, 4) is 11.5 Å². The molecule has 10 heteroatoms. The molecule has 3 rings (SSSR count). The molecule has 2 aromatic carbocycles. The molecule has 0 radical (unpaired) electrons. The van der Waals surface area contributed by atoms with Gasteiger partial charge in [0, 0.05) is 37.7 Å². The van der Waals surface area contributed by atoms with Crippen LogP contribution in [-0.2, 0) is 18.4 Å². The number of unbranched alkanes of at least 4 members (excludes halogenated alkanes) is 2. The maximum atomic E-state index is 11.8. The maximum absolute atomic E-state index is 11.8. The Bertz CT molecular complexity index is 1240. The Labute approximate surface area is 220 Å². The number of ether oxygens (including phenoxy) is 1. The lowest BCUT2D eigenvalue weighted by molar-refractivity contribution is -0.647. The van der Waals surface area contributed by atoms with E-state index in [-0.39, 0.29) is 16.7 Å². The number of hydrogen-bond donors (Lipinski definition) is 3. The number of methoxy groups -OCH3 is 1. The number of hydrogen-bond acceptors (Lipinski definition) is 4. The van der Waals surface area contributed by atoms with Crippen molar-refractivity contribution in [2.45, 2.75) is 32.2 Å². The van der Waals surface area contributed by atoms with Crippen molar-refractivity contribution in [1.29, 1.82) is 0 Å². The number of phenolic OH excluding ortho intramolecular Hbond substituents is 1. The quantitative estimate of drug-likeness (QED) is 0.237. The van der Waals surface area contributed by atoms with Crippen molar-refractivity contribution in [2.75, 3.05) is 20.2 Å². The van der Waals surface area contributed by atoms with Crippen LogP contribution in [0.3, 0.4) is 0 Å². The molecular formula is C25H30Cl3N4O3+. The van der Waals surface area contributed by atoms with E-state index in [1.54, 1.807) is 12.1 Å². The molecule has 0 aliphatic rings. The number of amides is 1. The highest BCUT2D eigenvalue weighted by Gasteiger charge is 2.22. The van der Waals surface area contributed by atoms with E-state index in [2.05, 4.69) is 9.88 Å². The summed E-state index contributed by atoms with van der Waals surface area (Å²) in [6.07, 6.45) is 6.82. The number of phenols is 1. The lowest BCUT2D eigenvalue weighted by atomic mass is 10.1. The number of imidazole rings is 1. The van der Waals surface area contributed by atoms with Gasteiger partial charge in [-0.2, -0.15) is 0 Å². The van der Waals surface area contributed by atoms with Gasteiger partial charge < -0.3 is 20.9 Å². The van der Waals surface area contributed by atoms with Crippen LogP contribution in [0.15, 0.2) is 24.3 Å². The summed E-state index contributed by atoms with van der Waals surface area (Å²) in [5.74, 6) is 1.14. The molecule has 1 aromatic heterocycles. The van der Waals surface area contributed by atoms with E-state index in [4.69, 9.17) is 45.3 Å². The van der Waals surface area contributed by atoms with E-state index in [0.29, 0.717) is 40.9 Å². The van der Waals surface area contributed by atoms with Gasteiger partial charge in [0.25, 0.3) is 5.82 Å². The lowest BCUT2D eigenvalue weighted by Crippen LogP contribution is -2.31. The van der Waals surface area contributed by atoms with Crippen LogP contribution in [0.2, 0.25) is 15.1 Å². The van der Waals surface area contributed by atoms with E-state index >= 15 is 0 Å². The highest BCUT2D eigenvalue weighted by Crippen LogP contribution is 2.37. The predicted octanol–water partition coefficient (Wildman–Crippen LogP) is 4.95. The van der Waals surface area contributed by atoms with Crippen molar-refractivity contribution in [1.82, 2.24) is 9.88 Å². The van der Waals surface area contributed by atoms with E-state index < -0.39 is 0 Å². The zero-order valence-electron chi connectivity index (χ0n) is 19.8. The van der Waals surface area contributed by atoms with Crippen LogP contribution >= 0.6 is 34.8 Å². The second kappa shape index (κ2) is 12.5. The molecule has 0 spiro atoms. The van der Waals surface area contributed by atoms with Gasteiger partial charge in [0.05, 0.1) is 35.8 Å². The molecule has 1 heterocycles. The normalized spacial score (nSPS) is 11.5. The average Bonchev–Trinajstić information content (AvgIpc) is 3.08. The van der Waals surface area contributed by atoms with E-state index in [0.717, 1.165) is 42.7 Å². The van der Waals surface area contributed by atoms with Crippen molar-refractivity contribution in [2.24, 2.45) is 12.8 Å². The standard InChI is InChI=1S/C25H29Cl3N4O3/c1-31-19-14-17(26)18(27)15-20(19)32(13-5-3-4-6-22(33)30-12-11-29)23(31)10-8-16-7-9-21(35-2)25(34)24(16)28/h7-10,14-15H,3-6,11-13,29H2,1-2H3,(H-,30,33,34)/p+1/b10-8+. The number of aryl methyl sites for hydroxylation is 2. The number of rotatable bonds is 11. The molecule has 0 aliphatic carbocycles. The van der Waals surface area contributed by atoms with Gasteiger partial charge in [-0.15, -0.1) is 0 Å². The summed E-state index contributed by atoms with van der Waals surface area (Å²) in [4.78, 5) is 11.8. The molecule has 3 aromatic rings. The number of fused-ring (bicyclic) bond motifs is 1. The molecule has 0 saturated heterocycles. The van der Waals surface area contributed by atoms with Crippen molar-refractivity contribution >= 4 is 63.9 Å².